The summed E-state index contributed by atoms with van der Waals surface area (Å²) in [4.78, 5) is 2.80. The standard InChI is InChI=1S/C6H2ClF4NO2S/c7-3-1-4(6(8,9)10)5(12-2-3)15(11,13)14/h1-2H. The van der Waals surface area contributed by atoms with Crippen LogP contribution in [0.4, 0.5) is 17.1 Å². The van der Waals surface area contributed by atoms with E-state index in [1.54, 1.807) is 0 Å². The van der Waals surface area contributed by atoms with E-state index in [0.717, 1.165) is 0 Å². The molecule has 0 aliphatic rings. The van der Waals surface area contributed by atoms with Crippen LogP contribution < -0.4 is 0 Å². The van der Waals surface area contributed by atoms with Crippen LogP contribution in [0.3, 0.4) is 0 Å². The maximum Gasteiger partial charge on any atom is 0.419 e. The van der Waals surface area contributed by atoms with Crippen molar-refractivity contribution in [1.29, 1.82) is 0 Å². The Labute approximate surface area is 86.9 Å². The zero-order valence-corrected chi connectivity index (χ0v) is 8.29. The van der Waals surface area contributed by atoms with Crippen molar-refractivity contribution in [2.24, 2.45) is 0 Å². The summed E-state index contributed by atoms with van der Waals surface area (Å²) < 4.78 is 69.8. The van der Waals surface area contributed by atoms with Crippen molar-refractivity contribution in [1.82, 2.24) is 4.98 Å². The van der Waals surface area contributed by atoms with Crippen molar-refractivity contribution in [3.8, 4) is 0 Å². The number of rotatable bonds is 1. The first-order valence-electron chi connectivity index (χ1n) is 3.30. The van der Waals surface area contributed by atoms with Crippen LogP contribution in [0, 0.1) is 0 Å². The summed E-state index contributed by atoms with van der Waals surface area (Å²) in [5.74, 6) is 0. The Morgan fingerprint density at radius 3 is 2.27 bits per heavy atom. The molecule has 1 heterocycles. The van der Waals surface area contributed by atoms with Gasteiger partial charge in [-0.2, -0.15) is 21.6 Å². The maximum atomic E-state index is 12.4. The second kappa shape index (κ2) is 3.60. The highest BCUT2D eigenvalue weighted by Gasteiger charge is 2.38. The monoisotopic (exact) mass is 263 g/mol. The summed E-state index contributed by atoms with van der Waals surface area (Å²) in [6, 6.07) is 0.293. The normalized spacial score (nSPS) is 12.9. The lowest BCUT2D eigenvalue weighted by Crippen LogP contribution is -2.12. The van der Waals surface area contributed by atoms with Gasteiger partial charge in [0.1, 0.15) is 0 Å². The average molecular weight is 264 g/mol. The third-order valence-electron chi connectivity index (χ3n) is 1.35. The molecule has 1 aromatic rings. The fourth-order valence-electron chi connectivity index (χ4n) is 0.824. The van der Waals surface area contributed by atoms with Crippen LogP contribution in [0.1, 0.15) is 5.56 Å². The minimum Gasteiger partial charge on any atom is -0.240 e. The van der Waals surface area contributed by atoms with Gasteiger partial charge in [0.25, 0.3) is 0 Å². The molecule has 1 rings (SSSR count). The van der Waals surface area contributed by atoms with Gasteiger partial charge in [-0.1, -0.05) is 15.5 Å². The molecule has 0 aliphatic heterocycles. The van der Waals surface area contributed by atoms with Crippen molar-refractivity contribution in [3.05, 3.63) is 22.8 Å². The quantitative estimate of drug-likeness (QED) is 0.577. The topological polar surface area (TPSA) is 47.0 Å². The molecule has 0 saturated heterocycles. The van der Waals surface area contributed by atoms with Crippen LogP contribution in [0.5, 0.6) is 0 Å². The van der Waals surface area contributed by atoms with Crippen LogP contribution >= 0.6 is 11.6 Å². The van der Waals surface area contributed by atoms with Crippen LogP contribution in [-0.4, -0.2) is 13.4 Å². The molecule has 3 nitrogen and oxygen atoms in total. The van der Waals surface area contributed by atoms with Crippen molar-refractivity contribution in [2.75, 3.05) is 0 Å². The molecule has 0 saturated carbocycles. The van der Waals surface area contributed by atoms with Crippen molar-refractivity contribution >= 4 is 21.8 Å². The Bertz CT molecular complexity index is 484. The number of hydrogen-bond donors (Lipinski definition) is 0. The summed E-state index contributed by atoms with van der Waals surface area (Å²) >= 11 is 5.19. The van der Waals surface area contributed by atoms with Crippen LogP contribution in [0.25, 0.3) is 0 Å². The third-order valence-corrected chi connectivity index (χ3v) is 2.35. The van der Waals surface area contributed by atoms with Gasteiger partial charge in [-0.25, -0.2) is 4.98 Å². The highest BCUT2D eigenvalue weighted by molar-refractivity contribution is 7.86. The van der Waals surface area contributed by atoms with E-state index in [1.807, 2.05) is 0 Å². The summed E-state index contributed by atoms with van der Waals surface area (Å²) in [6.07, 6.45) is -4.42. The SMILES string of the molecule is O=S(=O)(F)c1ncc(Cl)cc1C(F)(F)F. The van der Waals surface area contributed by atoms with Gasteiger partial charge in [-0.15, -0.1) is 0 Å². The van der Waals surface area contributed by atoms with Crippen molar-refractivity contribution in [3.63, 3.8) is 0 Å². The van der Waals surface area contributed by atoms with Gasteiger partial charge in [0.2, 0.25) is 0 Å². The third kappa shape index (κ3) is 2.78. The van der Waals surface area contributed by atoms with E-state index in [-0.39, 0.29) is 0 Å². The molecule has 84 valence electrons. The molecule has 0 aliphatic carbocycles. The summed E-state index contributed by atoms with van der Waals surface area (Å²) in [5, 5.41) is -2.12. The molecule has 0 aromatic carbocycles. The first kappa shape index (κ1) is 12.2. The molecule has 15 heavy (non-hydrogen) atoms. The van der Waals surface area contributed by atoms with E-state index in [0.29, 0.717) is 12.3 Å². The smallest absolute Gasteiger partial charge is 0.240 e. The van der Waals surface area contributed by atoms with Gasteiger partial charge in [0.05, 0.1) is 10.6 Å². The van der Waals surface area contributed by atoms with E-state index in [1.165, 1.54) is 0 Å². The highest BCUT2D eigenvalue weighted by atomic mass is 35.5. The number of pyridine rings is 1. The number of halogens is 5. The minimum atomic E-state index is -5.52. The zero-order valence-electron chi connectivity index (χ0n) is 6.72. The average Bonchev–Trinajstić information content (AvgIpc) is 2.00. The number of aromatic nitrogens is 1. The molecule has 0 bridgehead atoms. The van der Waals surface area contributed by atoms with E-state index >= 15 is 0 Å². The second-order valence-electron chi connectivity index (χ2n) is 2.44. The lowest BCUT2D eigenvalue weighted by Gasteiger charge is -2.08. The first-order valence-corrected chi connectivity index (χ1v) is 5.06. The van der Waals surface area contributed by atoms with E-state index in [4.69, 9.17) is 11.6 Å². The van der Waals surface area contributed by atoms with Gasteiger partial charge in [-0.3, -0.25) is 0 Å². The predicted octanol–water partition coefficient (Wildman–Crippen LogP) is 2.41. The highest BCUT2D eigenvalue weighted by Crippen LogP contribution is 2.35. The van der Waals surface area contributed by atoms with Gasteiger partial charge in [0.15, 0.2) is 5.03 Å². The zero-order chi connectivity index (χ0) is 11.9. The Balaban J connectivity index is 3.55. The molecule has 9 heteroatoms. The van der Waals surface area contributed by atoms with E-state index in [2.05, 4.69) is 4.98 Å². The Hall–Kier alpha value is -0.890. The summed E-state index contributed by atoms with van der Waals surface area (Å²) in [5.41, 5.74) is -1.72. The largest absolute Gasteiger partial charge is 0.419 e. The van der Waals surface area contributed by atoms with Crippen LogP contribution in [0.15, 0.2) is 17.3 Å². The maximum absolute atomic E-state index is 12.4. The Morgan fingerprint density at radius 1 is 1.33 bits per heavy atom. The molecule has 0 unspecified atom stereocenters. The molecular formula is C6H2ClF4NO2S. The molecule has 0 radical (unpaired) electrons. The van der Waals surface area contributed by atoms with Gasteiger partial charge < -0.3 is 0 Å². The molecule has 0 amide bonds. The van der Waals surface area contributed by atoms with Crippen LogP contribution in [0.2, 0.25) is 5.02 Å². The molecule has 0 fully saturated rings. The van der Waals surface area contributed by atoms with Crippen LogP contribution in [-0.2, 0) is 16.4 Å². The number of alkyl halides is 3. The predicted molar refractivity (Wildman–Crippen MR) is 42.5 cm³/mol. The first-order chi connectivity index (χ1) is 6.62. The molecular weight excluding hydrogens is 262 g/mol. The second-order valence-corrected chi connectivity index (χ2v) is 4.14. The number of hydrogen-bond acceptors (Lipinski definition) is 3. The molecule has 0 atom stereocenters. The van der Waals surface area contributed by atoms with Crippen molar-refractivity contribution < 1.29 is 25.5 Å². The lowest BCUT2D eigenvalue weighted by molar-refractivity contribution is -0.140. The molecule has 0 spiro atoms. The number of nitrogens with zero attached hydrogens (tertiary/aromatic N) is 1. The van der Waals surface area contributed by atoms with E-state index < -0.39 is 32.0 Å². The Kier molecular flexibility index (Phi) is 2.92. The Morgan fingerprint density at radius 2 is 1.87 bits per heavy atom. The van der Waals surface area contributed by atoms with Gasteiger partial charge >= 0.3 is 16.4 Å². The van der Waals surface area contributed by atoms with Gasteiger partial charge in [-0.05, 0) is 6.07 Å². The summed E-state index contributed by atoms with van der Waals surface area (Å²) in [7, 11) is -5.52. The van der Waals surface area contributed by atoms with Gasteiger partial charge in [0, 0.05) is 6.20 Å². The fourth-order valence-corrected chi connectivity index (χ4v) is 1.60. The van der Waals surface area contributed by atoms with Crippen molar-refractivity contribution in [2.45, 2.75) is 11.2 Å². The summed E-state index contributed by atoms with van der Waals surface area (Å²) in [6.45, 7) is 0. The minimum absolute atomic E-state index is 0.293. The fraction of sp³-hybridized carbons (Fsp3) is 0.167. The lowest BCUT2D eigenvalue weighted by atomic mass is 10.3. The molecule has 1 aromatic heterocycles. The van der Waals surface area contributed by atoms with E-state index in [9.17, 15) is 25.5 Å². The molecule has 0 N–H and O–H groups in total.